The van der Waals surface area contributed by atoms with Crippen LogP contribution in [0.15, 0.2) is 12.3 Å². The Morgan fingerprint density at radius 2 is 2.21 bits per heavy atom. The van der Waals surface area contributed by atoms with Gasteiger partial charge in [-0.25, -0.2) is 9.67 Å². The molecule has 1 aliphatic carbocycles. The van der Waals surface area contributed by atoms with Crippen molar-refractivity contribution in [3.63, 3.8) is 0 Å². The van der Waals surface area contributed by atoms with E-state index >= 15 is 0 Å². The maximum atomic E-state index is 12.8. The Hall–Kier alpha value is -1.95. The quantitative estimate of drug-likeness (QED) is 0.903. The number of aliphatic hydroxyl groups is 1. The molecule has 2 heterocycles. The third kappa shape index (κ3) is 3.15. The SMILES string of the molecule is CCC(C)n1ncc2c(C(=O)NC3CCCCC3O)cc(C)nc21. The lowest BCUT2D eigenvalue weighted by Gasteiger charge is -2.28. The molecule has 1 amide bonds. The zero-order valence-corrected chi connectivity index (χ0v) is 14.6. The normalized spacial score (nSPS) is 22.5. The molecular weight excluding hydrogens is 304 g/mol. The van der Waals surface area contributed by atoms with Crippen molar-refractivity contribution in [3.8, 4) is 0 Å². The first-order chi connectivity index (χ1) is 11.5. The van der Waals surface area contributed by atoms with E-state index in [1.807, 2.05) is 11.6 Å². The molecule has 0 aliphatic heterocycles. The average molecular weight is 330 g/mol. The summed E-state index contributed by atoms with van der Waals surface area (Å²) in [7, 11) is 0. The van der Waals surface area contributed by atoms with Crippen molar-refractivity contribution in [1.82, 2.24) is 20.1 Å². The van der Waals surface area contributed by atoms with Gasteiger partial charge in [-0.15, -0.1) is 0 Å². The molecule has 0 radical (unpaired) electrons. The summed E-state index contributed by atoms with van der Waals surface area (Å²) in [5.41, 5.74) is 2.13. The van der Waals surface area contributed by atoms with E-state index in [0.29, 0.717) is 5.56 Å². The van der Waals surface area contributed by atoms with Gasteiger partial charge in [0.1, 0.15) is 0 Å². The van der Waals surface area contributed by atoms with Gasteiger partial charge in [0.15, 0.2) is 5.65 Å². The molecule has 1 fully saturated rings. The Morgan fingerprint density at radius 3 is 2.92 bits per heavy atom. The highest BCUT2D eigenvalue weighted by molar-refractivity contribution is 6.05. The van der Waals surface area contributed by atoms with Crippen LogP contribution < -0.4 is 5.32 Å². The van der Waals surface area contributed by atoms with Gasteiger partial charge in [0, 0.05) is 5.69 Å². The van der Waals surface area contributed by atoms with Crippen molar-refractivity contribution in [2.75, 3.05) is 0 Å². The summed E-state index contributed by atoms with van der Waals surface area (Å²) in [4.78, 5) is 17.4. The van der Waals surface area contributed by atoms with Gasteiger partial charge < -0.3 is 10.4 Å². The third-order valence-corrected chi connectivity index (χ3v) is 4.99. The highest BCUT2D eigenvalue weighted by Crippen LogP contribution is 2.24. The molecule has 2 aromatic rings. The molecule has 1 saturated carbocycles. The van der Waals surface area contributed by atoms with E-state index in [9.17, 15) is 9.90 Å². The van der Waals surface area contributed by atoms with Gasteiger partial charge >= 0.3 is 0 Å². The van der Waals surface area contributed by atoms with Gasteiger partial charge in [-0.3, -0.25) is 4.79 Å². The van der Waals surface area contributed by atoms with Crippen molar-refractivity contribution < 1.29 is 9.90 Å². The molecule has 24 heavy (non-hydrogen) atoms. The fourth-order valence-electron chi connectivity index (χ4n) is 3.35. The molecule has 2 N–H and O–H groups in total. The minimum Gasteiger partial charge on any atom is -0.391 e. The van der Waals surface area contributed by atoms with Crippen LogP contribution in [-0.2, 0) is 0 Å². The molecule has 0 bridgehead atoms. The van der Waals surface area contributed by atoms with E-state index in [0.717, 1.165) is 48.8 Å². The number of carbonyl (C=O) groups is 1. The van der Waals surface area contributed by atoms with Crippen LogP contribution >= 0.6 is 0 Å². The topological polar surface area (TPSA) is 80.0 Å². The van der Waals surface area contributed by atoms with Crippen LogP contribution in [0.2, 0.25) is 0 Å². The van der Waals surface area contributed by atoms with E-state index in [-0.39, 0.29) is 18.0 Å². The van der Waals surface area contributed by atoms with E-state index in [1.165, 1.54) is 0 Å². The highest BCUT2D eigenvalue weighted by atomic mass is 16.3. The first-order valence-electron chi connectivity index (χ1n) is 8.85. The molecule has 0 saturated heterocycles. The predicted octanol–water partition coefficient (Wildman–Crippen LogP) is 2.74. The number of aliphatic hydroxyl groups excluding tert-OH is 1. The Bertz CT molecular complexity index is 740. The summed E-state index contributed by atoms with van der Waals surface area (Å²) in [5.74, 6) is -0.153. The number of aromatic nitrogens is 3. The second-order valence-corrected chi connectivity index (χ2v) is 6.83. The van der Waals surface area contributed by atoms with E-state index < -0.39 is 6.10 Å². The minimum absolute atomic E-state index is 0.153. The first kappa shape index (κ1) is 16.9. The first-order valence-corrected chi connectivity index (χ1v) is 8.85. The zero-order chi connectivity index (χ0) is 17.3. The van der Waals surface area contributed by atoms with Crippen molar-refractivity contribution in [2.45, 2.75) is 71.1 Å². The van der Waals surface area contributed by atoms with Crippen molar-refractivity contribution in [2.24, 2.45) is 0 Å². The van der Waals surface area contributed by atoms with Crippen molar-refractivity contribution in [3.05, 3.63) is 23.5 Å². The zero-order valence-electron chi connectivity index (χ0n) is 14.6. The molecule has 130 valence electrons. The maximum absolute atomic E-state index is 12.8. The van der Waals surface area contributed by atoms with Crippen LogP contribution in [0.3, 0.4) is 0 Å². The van der Waals surface area contributed by atoms with E-state index in [1.54, 1.807) is 12.3 Å². The smallest absolute Gasteiger partial charge is 0.252 e. The maximum Gasteiger partial charge on any atom is 0.252 e. The van der Waals surface area contributed by atoms with Gasteiger partial charge in [0.2, 0.25) is 0 Å². The third-order valence-electron chi connectivity index (χ3n) is 4.99. The number of amides is 1. The fraction of sp³-hybridized carbons (Fsp3) is 0.611. The van der Waals surface area contributed by atoms with E-state index in [2.05, 4.69) is 29.2 Å². The number of pyridine rings is 1. The lowest BCUT2D eigenvalue weighted by Crippen LogP contribution is -2.45. The van der Waals surface area contributed by atoms with Crippen LogP contribution in [0.1, 0.15) is 68.0 Å². The second-order valence-electron chi connectivity index (χ2n) is 6.83. The number of hydrogen-bond donors (Lipinski definition) is 2. The molecule has 2 aromatic heterocycles. The van der Waals surface area contributed by atoms with Gasteiger partial charge in [-0.05, 0) is 39.2 Å². The lowest BCUT2D eigenvalue weighted by atomic mass is 9.92. The number of carbonyl (C=O) groups excluding carboxylic acids is 1. The largest absolute Gasteiger partial charge is 0.391 e. The van der Waals surface area contributed by atoms with Gasteiger partial charge in [0.05, 0.1) is 35.3 Å². The Morgan fingerprint density at radius 1 is 1.46 bits per heavy atom. The Balaban J connectivity index is 1.93. The number of fused-ring (bicyclic) bond motifs is 1. The van der Waals surface area contributed by atoms with Crippen LogP contribution in [0.25, 0.3) is 11.0 Å². The standard InChI is InChI=1S/C18H26N4O2/c1-4-12(3)22-17-14(10-19-22)13(9-11(2)20-17)18(24)21-15-7-5-6-8-16(15)23/h9-10,12,15-16,23H,4-8H2,1-3H3,(H,21,24). The van der Waals surface area contributed by atoms with Crippen LogP contribution in [-0.4, -0.2) is 37.9 Å². The summed E-state index contributed by atoms with van der Waals surface area (Å²) in [5, 5.41) is 18.3. The van der Waals surface area contributed by atoms with Crippen molar-refractivity contribution >= 4 is 16.9 Å². The second kappa shape index (κ2) is 6.89. The molecule has 6 nitrogen and oxygen atoms in total. The lowest BCUT2D eigenvalue weighted by molar-refractivity contribution is 0.0718. The van der Waals surface area contributed by atoms with Crippen molar-refractivity contribution in [1.29, 1.82) is 0 Å². The number of nitrogens with zero attached hydrogens (tertiary/aromatic N) is 3. The number of nitrogens with one attached hydrogen (secondary N) is 1. The molecule has 6 heteroatoms. The van der Waals surface area contributed by atoms with Crippen LogP contribution in [0.5, 0.6) is 0 Å². The molecule has 0 aromatic carbocycles. The summed E-state index contributed by atoms with van der Waals surface area (Å²) in [6.07, 6.45) is 5.85. The summed E-state index contributed by atoms with van der Waals surface area (Å²) < 4.78 is 1.88. The molecule has 3 atom stereocenters. The highest BCUT2D eigenvalue weighted by Gasteiger charge is 2.26. The van der Waals surface area contributed by atoms with E-state index in [4.69, 9.17) is 0 Å². The number of rotatable bonds is 4. The summed E-state index contributed by atoms with van der Waals surface area (Å²) >= 11 is 0. The molecule has 3 unspecified atom stereocenters. The van der Waals surface area contributed by atoms with Gasteiger partial charge in [0.25, 0.3) is 5.91 Å². The monoisotopic (exact) mass is 330 g/mol. The minimum atomic E-state index is -0.455. The van der Waals surface area contributed by atoms with Crippen LogP contribution in [0.4, 0.5) is 0 Å². The van der Waals surface area contributed by atoms with Gasteiger partial charge in [-0.1, -0.05) is 19.8 Å². The van der Waals surface area contributed by atoms with Crippen LogP contribution in [0, 0.1) is 6.92 Å². The molecule has 3 rings (SSSR count). The fourth-order valence-corrected chi connectivity index (χ4v) is 3.35. The molecular formula is C18H26N4O2. The van der Waals surface area contributed by atoms with Gasteiger partial charge in [-0.2, -0.15) is 5.10 Å². The predicted molar refractivity (Wildman–Crippen MR) is 93.0 cm³/mol. The Kier molecular flexibility index (Phi) is 4.85. The number of aryl methyl sites for hydroxylation is 1. The number of hydrogen-bond acceptors (Lipinski definition) is 4. The average Bonchev–Trinajstić information content (AvgIpc) is 2.99. The summed E-state index contributed by atoms with van der Waals surface area (Å²) in [6, 6.07) is 1.86. The Labute approximate surface area is 142 Å². The molecule has 1 aliphatic rings. The molecule has 0 spiro atoms. The summed E-state index contributed by atoms with van der Waals surface area (Å²) in [6.45, 7) is 6.08.